The number of fused-ring (bicyclic) bond motifs is 1. The zero-order valence-corrected chi connectivity index (χ0v) is 27.1. The summed E-state index contributed by atoms with van der Waals surface area (Å²) >= 11 is 0. The molecule has 0 spiro atoms. The second-order valence-corrected chi connectivity index (χ2v) is 14.6. The van der Waals surface area contributed by atoms with E-state index < -0.39 is 19.7 Å². The van der Waals surface area contributed by atoms with E-state index in [1.54, 1.807) is 66.7 Å². The average molecular weight is 668 g/mol. The normalized spacial score (nSPS) is 11.4. The van der Waals surface area contributed by atoms with Gasteiger partial charge in [0.25, 0.3) is 0 Å². The summed E-state index contributed by atoms with van der Waals surface area (Å²) in [7, 11) is -7.02. The van der Waals surface area contributed by atoms with Gasteiger partial charge in [-0.3, -0.25) is 5.10 Å². The molecule has 0 saturated heterocycles. The second kappa shape index (κ2) is 17.0. The van der Waals surface area contributed by atoms with Gasteiger partial charge >= 0.3 is 0 Å². The molecule has 0 aliphatic heterocycles. The van der Waals surface area contributed by atoms with Crippen LogP contribution in [0.3, 0.4) is 0 Å². The number of nitrogens with zero attached hydrogens (tertiary/aromatic N) is 1. The highest BCUT2D eigenvalue weighted by Gasteiger charge is 2.23. The van der Waals surface area contributed by atoms with Crippen LogP contribution < -0.4 is 5.73 Å². The molecule has 1 heterocycles. The summed E-state index contributed by atoms with van der Waals surface area (Å²) in [5.41, 5.74) is 9.76. The first-order chi connectivity index (χ1) is 21.7. The first-order valence-electron chi connectivity index (χ1n) is 14.8. The lowest BCUT2D eigenvalue weighted by Gasteiger charge is -2.10. The molecule has 0 aliphatic carbocycles. The number of aliphatic hydroxyl groups is 2. The van der Waals surface area contributed by atoms with Gasteiger partial charge in [0.1, 0.15) is 0 Å². The second-order valence-electron chi connectivity index (χ2n) is 10.7. The van der Waals surface area contributed by atoms with Crippen LogP contribution in [0.2, 0.25) is 0 Å². The highest BCUT2D eigenvalue weighted by molar-refractivity contribution is 7.91. The van der Waals surface area contributed by atoms with Crippen LogP contribution in [0.5, 0.6) is 0 Å². The lowest BCUT2D eigenvalue weighted by Crippen LogP contribution is -2.07. The number of anilines is 1. The van der Waals surface area contributed by atoms with Crippen molar-refractivity contribution < 1.29 is 32.5 Å². The number of nitrogens with two attached hydrogens (primary N) is 1. The van der Waals surface area contributed by atoms with Crippen LogP contribution in [-0.4, -0.2) is 55.9 Å². The maximum atomic E-state index is 12.8. The maximum absolute atomic E-state index is 12.8. The molecular formula is C34H41N3O7S2. The van der Waals surface area contributed by atoms with Crippen molar-refractivity contribution in [1.82, 2.24) is 10.2 Å². The molecule has 0 unspecified atom stereocenters. The van der Waals surface area contributed by atoms with Gasteiger partial charge in [0, 0.05) is 24.3 Å². The van der Waals surface area contributed by atoms with Crippen molar-refractivity contribution in [1.29, 1.82) is 0 Å². The van der Waals surface area contributed by atoms with Crippen molar-refractivity contribution >= 4 is 36.3 Å². The van der Waals surface area contributed by atoms with Crippen LogP contribution >= 0.6 is 0 Å². The molecule has 5 rings (SSSR count). The zero-order chi connectivity index (χ0) is 32.3. The Hall–Kier alpha value is -4.07. The summed E-state index contributed by atoms with van der Waals surface area (Å²) in [6.07, 6.45) is 4.80. The number of unbranched alkanes of at least 4 members (excludes halogenated alkanes) is 2. The SMILES string of the molecule is Nc1ccc(CCCCO)cc1CS(=O)(=O)c1ccccc1.O.O=S(=O)(c1ccccc1)c1[nH]nc2ccc(CCCCO)cc12. The van der Waals surface area contributed by atoms with Crippen LogP contribution in [0, 0.1) is 0 Å². The molecule has 0 amide bonds. The summed E-state index contributed by atoms with van der Waals surface area (Å²) in [6, 6.07) is 27.9. The third kappa shape index (κ3) is 9.47. The number of aromatic nitrogens is 2. The van der Waals surface area contributed by atoms with Gasteiger partial charge in [-0.1, -0.05) is 54.6 Å². The number of sulfone groups is 2. The van der Waals surface area contributed by atoms with Crippen molar-refractivity contribution in [3.63, 3.8) is 0 Å². The molecule has 1 aromatic heterocycles. The number of rotatable bonds is 13. The summed E-state index contributed by atoms with van der Waals surface area (Å²) < 4.78 is 50.4. The predicted molar refractivity (Wildman–Crippen MR) is 180 cm³/mol. The molecule has 4 aromatic carbocycles. The highest BCUT2D eigenvalue weighted by atomic mass is 32.2. The van der Waals surface area contributed by atoms with E-state index in [1.807, 2.05) is 30.3 Å². The predicted octanol–water partition coefficient (Wildman–Crippen LogP) is 4.44. The zero-order valence-electron chi connectivity index (χ0n) is 25.5. The minimum atomic E-state index is -3.62. The fourth-order valence-corrected chi connectivity index (χ4v) is 7.62. The highest BCUT2D eigenvalue weighted by Crippen LogP contribution is 2.27. The third-order valence-electron chi connectivity index (χ3n) is 7.31. The Morgan fingerprint density at radius 1 is 0.674 bits per heavy atom. The van der Waals surface area contributed by atoms with Crippen LogP contribution in [0.25, 0.3) is 10.9 Å². The lowest BCUT2D eigenvalue weighted by atomic mass is 10.0. The molecule has 0 aliphatic rings. The molecule has 46 heavy (non-hydrogen) atoms. The molecule has 0 fully saturated rings. The van der Waals surface area contributed by atoms with Gasteiger partial charge in [0.15, 0.2) is 14.9 Å². The molecule has 246 valence electrons. The van der Waals surface area contributed by atoms with Crippen molar-refractivity contribution in [2.24, 2.45) is 0 Å². The van der Waals surface area contributed by atoms with Crippen molar-refractivity contribution in [3.8, 4) is 0 Å². The van der Waals surface area contributed by atoms with Crippen LogP contribution in [-0.2, 0) is 38.3 Å². The fourth-order valence-electron chi connectivity index (χ4n) is 4.85. The minimum Gasteiger partial charge on any atom is -0.412 e. The number of aryl methyl sites for hydroxylation is 2. The lowest BCUT2D eigenvalue weighted by molar-refractivity contribution is 0.284. The Bertz CT molecular complexity index is 1900. The van der Waals surface area contributed by atoms with Gasteiger partial charge in [-0.25, -0.2) is 16.8 Å². The Morgan fingerprint density at radius 2 is 1.22 bits per heavy atom. The molecule has 0 radical (unpaired) electrons. The van der Waals surface area contributed by atoms with E-state index in [2.05, 4.69) is 10.2 Å². The molecular weight excluding hydrogens is 627 g/mol. The van der Waals surface area contributed by atoms with Crippen molar-refractivity contribution in [2.45, 2.75) is 59.1 Å². The van der Waals surface area contributed by atoms with Crippen molar-refractivity contribution in [2.75, 3.05) is 18.9 Å². The molecule has 12 heteroatoms. The molecule has 7 N–H and O–H groups in total. The topological polar surface area (TPSA) is 195 Å². The van der Waals surface area contributed by atoms with Crippen LogP contribution in [0.4, 0.5) is 5.69 Å². The van der Waals surface area contributed by atoms with E-state index in [9.17, 15) is 16.8 Å². The number of H-pyrrole nitrogens is 1. The average Bonchev–Trinajstić information content (AvgIpc) is 3.48. The maximum Gasteiger partial charge on any atom is 0.223 e. The minimum absolute atomic E-state index is 0. The van der Waals surface area contributed by atoms with Gasteiger partial charge in [-0.15, -0.1) is 0 Å². The molecule has 0 atom stereocenters. The number of nitrogen functional groups attached to an aromatic ring is 1. The first-order valence-corrected chi connectivity index (χ1v) is 17.9. The quantitative estimate of drug-likeness (QED) is 0.104. The van der Waals surface area contributed by atoms with Gasteiger partial charge in [0.2, 0.25) is 9.84 Å². The van der Waals surface area contributed by atoms with E-state index in [-0.39, 0.29) is 34.4 Å². The number of hydrogen-bond donors (Lipinski definition) is 4. The van der Waals surface area contributed by atoms with Gasteiger partial charge in [-0.05, 0) is 97.7 Å². The Morgan fingerprint density at radius 3 is 1.80 bits per heavy atom. The molecule has 0 saturated carbocycles. The Balaban J connectivity index is 0.000000245. The van der Waals surface area contributed by atoms with E-state index in [0.29, 0.717) is 27.0 Å². The Kier molecular flexibility index (Phi) is 13.5. The molecule has 0 bridgehead atoms. The number of aliphatic hydroxyl groups excluding tert-OH is 2. The summed E-state index contributed by atoms with van der Waals surface area (Å²) in [5, 5.41) is 25.2. The third-order valence-corrected chi connectivity index (χ3v) is 10.7. The smallest absolute Gasteiger partial charge is 0.223 e. The van der Waals surface area contributed by atoms with E-state index in [0.717, 1.165) is 49.7 Å². The first kappa shape index (κ1) is 36.4. The Labute approximate surface area is 270 Å². The van der Waals surface area contributed by atoms with Crippen LogP contribution in [0.15, 0.2) is 112 Å². The van der Waals surface area contributed by atoms with Crippen LogP contribution in [0.1, 0.15) is 42.4 Å². The summed E-state index contributed by atoms with van der Waals surface area (Å²) in [6.45, 7) is 0.339. The van der Waals surface area contributed by atoms with E-state index >= 15 is 0 Å². The fraction of sp³-hybridized carbons (Fsp3) is 0.265. The molecule has 5 aromatic rings. The van der Waals surface area contributed by atoms with Gasteiger partial charge in [-0.2, -0.15) is 5.10 Å². The number of benzene rings is 4. The van der Waals surface area contributed by atoms with Gasteiger partial charge in [0.05, 0.1) is 21.1 Å². The molecule has 10 nitrogen and oxygen atoms in total. The summed E-state index contributed by atoms with van der Waals surface area (Å²) in [4.78, 5) is 0.552. The van der Waals surface area contributed by atoms with Crippen molar-refractivity contribution in [3.05, 3.63) is 114 Å². The van der Waals surface area contributed by atoms with E-state index in [4.69, 9.17) is 15.9 Å². The summed E-state index contributed by atoms with van der Waals surface area (Å²) in [5.74, 6) is -0.101. The number of aromatic amines is 1. The standard InChI is InChI=1S/C17H18N2O3S.C17H21NO3S.H2O/c20-11-5-4-6-13-9-10-16-15(12-13)17(19-18-16)23(21,22)14-7-2-1-3-8-14;18-17-10-9-14(6-4-5-11-19)12-15(17)13-22(20,21)16-7-2-1-3-8-16;/h1-3,7-10,12,20H,4-6,11H2,(H,18,19);1-3,7-10,12,19H,4-6,11,13,18H2;1H2. The monoisotopic (exact) mass is 667 g/mol. The van der Waals surface area contributed by atoms with E-state index in [1.165, 1.54) is 0 Å². The number of hydrogen-bond acceptors (Lipinski definition) is 8. The van der Waals surface area contributed by atoms with Gasteiger partial charge < -0.3 is 21.4 Å². The number of nitrogens with one attached hydrogen (secondary N) is 1. The largest absolute Gasteiger partial charge is 0.412 e.